The predicted molar refractivity (Wildman–Crippen MR) is 371 cm³/mol. The summed E-state index contributed by atoms with van der Waals surface area (Å²) in [5.74, 6) is 0.391. The Kier molecular flexibility index (Phi) is 22.4. The van der Waals surface area contributed by atoms with Gasteiger partial charge in [0.05, 0.1) is 49.4 Å². The summed E-state index contributed by atoms with van der Waals surface area (Å²) in [6.07, 6.45) is 0. The fraction of sp³-hybridized carbons (Fsp3) is 0.0854. The summed E-state index contributed by atoms with van der Waals surface area (Å²) in [6.45, 7) is 10.7. The van der Waals surface area contributed by atoms with Crippen molar-refractivity contribution in [2.75, 3.05) is 0 Å². The highest BCUT2D eigenvalue weighted by molar-refractivity contribution is 7.97. The molecule has 12 aromatic carbocycles. The van der Waals surface area contributed by atoms with Crippen LogP contribution in [0.15, 0.2) is 372 Å². The lowest BCUT2D eigenvalue weighted by Crippen LogP contribution is -2.13. The van der Waals surface area contributed by atoms with Gasteiger partial charge in [-0.1, -0.05) is 168 Å². The van der Waals surface area contributed by atoms with Crippen LogP contribution >= 0.6 is 0 Å². The minimum absolute atomic E-state index is 0.0487. The number of carbonyl (C=O) groups is 3. The molecule has 0 spiro atoms. The molecule has 0 aromatic heterocycles. The lowest BCUT2D eigenvalue weighted by Gasteiger charge is -2.18. The minimum atomic E-state index is -0.511. The molecule has 0 amide bonds. The zero-order chi connectivity index (χ0) is 64.2. The highest BCUT2D eigenvalue weighted by Crippen LogP contribution is 2.36. The number of ether oxygens (including phenoxy) is 3. The molecule has 0 fully saturated rings. The topological polar surface area (TPSA) is 78.9 Å². The summed E-state index contributed by atoms with van der Waals surface area (Å²) in [7, 11) is -0.699. The molecule has 0 saturated carbocycles. The van der Waals surface area contributed by atoms with Crippen molar-refractivity contribution < 1.29 is 33.0 Å². The van der Waals surface area contributed by atoms with Crippen molar-refractivity contribution >= 4 is 50.6 Å². The summed E-state index contributed by atoms with van der Waals surface area (Å²) in [5.41, 5.74) is 3.86. The zero-order valence-electron chi connectivity index (χ0n) is 51.8. The quantitative estimate of drug-likeness (QED) is 0.0545. The van der Waals surface area contributed by atoms with Crippen LogP contribution in [0.3, 0.4) is 0 Å². The zero-order valence-corrected chi connectivity index (χ0v) is 54.3. The third-order valence-electron chi connectivity index (χ3n) is 14.6. The second kappa shape index (κ2) is 31.7. The first kappa shape index (κ1) is 65.0. The van der Waals surface area contributed by atoms with E-state index < -0.39 is 5.97 Å². The van der Waals surface area contributed by atoms with Crippen LogP contribution < -0.4 is 14.2 Å². The summed E-state index contributed by atoms with van der Waals surface area (Å²) in [5, 5.41) is 0. The van der Waals surface area contributed by atoms with Gasteiger partial charge in [-0.3, -0.25) is 0 Å². The van der Waals surface area contributed by atoms with Crippen LogP contribution in [0.1, 0.15) is 82.7 Å². The van der Waals surface area contributed by atoms with Gasteiger partial charge in [0.1, 0.15) is 23.1 Å². The van der Waals surface area contributed by atoms with E-state index in [4.69, 9.17) is 14.2 Å². The van der Waals surface area contributed by atoms with E-state index in [9.17, 15) is 18.8 Å². The van der Waals surface area contributed by atoms with Crippen molar-refractivity contribution in [3.63, 3.8) is 0 Å². The summed E-state index contributed by atoms with van der Waals surface area (Å²) in [4.78, 5) is 48.3. The van der Waals surface area contributed by atoms with Gasteiger partial charge in [-0.15, -0.1) is 0 Å². The Hall–Kier alpha value is -9.97. The Morgan fingerprint density at radius 1 is 0.293 bits per heavy atom. The third-order valence-corrected chi connectivity index (χ3v) is 21.3. The maximum Gasteiger partial charge on any atom is 0.343 e. The molecular weight excluding hydrogens is 1200 g/mol. The largest absolute Gasteiger partial charge is 0.423 e. The fourth-order valence-corrected chi connectivity index (χ4v) is 15.9. The molecule has 0 saturated heterocycles. The van der Waals surface area contributed by atoms with Gasteiger partial charge in [0.15, 0.2) is 44.1 Å². The van der Waals surface area contributed by atoms with Gasteiger partial charge in [0.25, 0.3) is 0 Å². The minimum Gasteiger partial charge on any atom is -0.423 e. The van der Waals surface area contributed by atoms with E-state index >= 15 is 0 Å². The van der Waals surface area contributed by atoms with Crippen LogP contribution in [0.4, 0.5) is 4.39 Å². The Balaban J connectivity index is 0.000000151. The molecule has 0 aliphatic heterocycles. The summed E-state index contributed by atoms with van der Waals surface area (Å²) >= 11 is 0. The Bertz CT molecular complexity index is 4140. The molecule has 0 unspecified atom stereocenters. The molecule has 0 heterocycles. The normalized spacial score (nSPS) is 11.0. The second-order valence-electron chi connectivity index (χ2n) is 22.5. The first-order chi connectivity index (χ1) is 44.7. The van der Waals surface area contributed by atoms with Crippen LogP contribution in [0.2, 0.25) is 0 Å². The van der Waals surface area contributed by atoms with E-state index in [-0.39, 0.29) is 55.9 Å². The molecule has 0 radical (unpaired) electrons. The molecule has 0 aliphatic carbocycles. The first-order valence-corrected chi connectivity index (χ1v) is 33.9. The molecule has 12 rings (SSSR count). The van der Waals surface area contributed by atoms with Gasteiger partial charge in [-0.25, -0.2) is 18.8 Å². The Morgan fingerprint density at radius 2 is 0.511 bits per heavy atom. The number of hydrogen-bond donors (Lipinski definition) is 0. The van der Waals surface area contributed by atoms with Gasteiger partial charge in [-0.2, -0.15) is 0 Å². The molecule has 0 bridgehead atoms. The Labute approximate surface area is 548 Å². The van der Waals surface area contributed by atoms with E-state index in [1.165, 1.54) is 74.6 Å². The lowest BCUT2D eigenvalue weighted by atomic mass is 9.87. The van der Waals surface area contributed by atoms with Crippen molar-refractivity contribution in [1.82, 2.24) is 0 Å². The number of rotatable bonds is 16. The van der Waals surface area contributed by atoms with Crippen LogP contribution in [0.25, 0.3) is 0 Å². The van der Waals surface area contributed by atoms with Crippen LogP contribution in [-0.4, -0.2) is 17.9 Å². The molecule has 0 N–H and O–H groups in total. The average molecular weight is 1270 g/mol. The fourth-order valence-electron chi connectivity index (χ4n) is 9.69. The maximum atomic E-state index is 13.0. The van der Waals surface area contributed by atoms with Crippen LogP contribution in [-0.2, 0) is 38.1 Å². The highest BCUT2D eigenvalue weighted by atomic mass is 32.2. The van der Waals surface area contributed by atoms with Crippen molar-refractivity contribution in [3.8, 4) is 17.2 Å². The molecule has 6 nitrogen and oxygen atoms in total. The molecule has 0 aliphatic rings. The van der Waals surface area contributed by atoms with Crippen molar-refractivity contribution in [2.24, 2.45) is 0 Å². The average Bonchev–Trinajstić information content (AvgIpc) is 1.12. The SMILES string of the molecule is CC(C)(C)c1ccc(C(=O)Oc2ccc([S+](c3ccccc3)c3ccccc3)cc2)cc1.CC(C)c1ccc(C(=O)Oc2ccc([S+](c3ccccc3)c3ccccc3)cc2)cc1.O=C(Oc1ccc([S+](c2ccccc2)c2ccccc2)cc1)c1ccc(F)cc1. The first-order valence-electron chi connectivity index (χ1n) is 30.2. The Morgan fingerprint density at radius 3 is 0.739 bits per heavy atom. The van der Waals surface area contributed by atoms with Crippen molar-refractivity contribution in [3.05, 3.63) is 361 Å². The number of hydrogen-bond acceptors (Lipinski definition) is 6. The molecule has 0 atom stereocenters. The van der Waals surface area contributed by atoms with Gasteiger partial charge in [0, 0.05) is 0 Å². The highest BCUT2D eigenvalue weighted by Gasteiger charge is 2.31. The van der Waals surface area contributed by atoms with Crippen molar-refractivity contribution in [1.29, 1.82) is 0 Å². The predicted octanol–water partition coefficient (Wildman–Crippen LogP) is 20.6. The van der Waals surface area contributed by atoms with Crippen LogP contribution in [0, 0.1) is 5.82 Å². The lowest BCUT2D eigenvalue weighted by molar-refractivity contribution is 0.0725. The third kappa shape index (κ3) is 17.7. The standard InChI is InChI=1S/C29H27O2S.C28H25O2S.C25H18FO2S/c1-29(2,3)23-16-14-22(15-17-23)28(30)31-24-18-20-27(21-19-24)32(25-10-6-4-7-11-25)26-12-8-5-9-13-26;1-21(2)22-13-15-23(16-14-22)28(29)30-24-17-19-27(20-18-24)31(25-9-5-3-6-10-25)26-11-7-4-8-12-26;26-20-13-11-19(12-14-20)25(27)28-21-15-17-24(18-16-21)29(22-7-3-1-4-8-22)23-9-5-2-6-10-23/h4-21H,1-3H3;3-21H,1-2H3;1-18H/q3*+1. The molecule has 12 aromatic rings. The summed E-state index contributed by atoms with van der Waals surface area (Å²) < 4.78 is 29.7. The van der Waals surface area contributed by atoms with E-state index in [1.807, 2.05) is 158 Å². The molecule has 456 valence electrons. The number of carbonyl (C=O) groups excluding carboxylic acids is 3. The number of benzene rings is 12. The van der Waals surface area contributed by atoms with E-state index in [0.29, 0.717) is 39.9 Å². The van der Waals surface area contributed by atoms with E-state index in [2.05, 4.69) is 168 Å². The smallest absolute Gasteiger partial charge is 0.343 e. The monoisotopic (exact) mass is 1270 g/mol. The molecular formula is C82H70FO6S3+3. The van der Waals surface area contributed by atoms with Gasteiger partial charge < -0.3 is 14.2 Å². The number of esters is 3. The van der Waals surface area contributed by atoms with Gasteiger partial charge in [-0.05, 0) is 217 Å². The second-order valence-corrected chi connectivity index (χ2v) is 28.6. The van der Waals surface area contributed by atoms with Crippen molar-refractivity contribution in [2.45, 2.75) is 90.0 Å². The molecule has 10 heteroatoms. The van der Waals surface area contributed by atoms with Gasteiger partial charge in [0.2, 0.25) is 0 Å². The van der Waals surface area contributed by atoms with E-state index in [0.717, 1.165) is 4.90 Å². The molecule has 92 heavy (non-hydrogen) atoms. The van der Waals surface area contributed by atoms with Crippen LogP contribution in [0.5, 0.6) is 17.2 Å². The van der Waals surface area contributed by atoms with Gasteiger partial charge >= 0.3 is 17.9 Å². The summed E-state index contributed by atoms with van der Waals surface area (Å²) in [6, 6.07) is 106. The number of halogens is 1. The maximum absolute atomic E-state index is 13.0. The van der Waals surface area contributed by atoms with E-state index in [1.54, 1.807) is 12.1 Å².